The number of carbonyl (C=O) groups is 2. The van der Waals surface area contributed by atoms with Crippen LogP contribution >= 0.6 is 0 Å². The molecule has 2 amide bonds. The lowest BCUT2D eigenvalue weighted by Gasteiger charge is -2.34. The predicted molar refractivity (Wildman–Crippen MR) is 105 cm³/mol. The average molecular weight is 408 g/mol. The molecule has 0 saturated carbocycles. The van der Waals surface area contributed by atoms with Gasteiger partial charge in [-0.05, 0) is 49.6 Å². The van der Waals surface area contributed by atoms with Crippen LogP contribution in [0.5, 0.6) is 11.5 Å². The van der Waals surface area contributed by atoms with Gasteiger partial charge in [0.1, 0.15) is 11.4 Å². The van der Waals surface area contributed by atoms with E-state index in [1.807, 2.05) is 18.2 Å². The van der Waals surface area contributed by atoms with Gasteiger partial charge in [-0.15, -0.1) is 0 Å². The summed E-state index contributed by atoms with van der Waals surface area (Å²) in [5.74, 6) is 0.586. The molecule has 0 radical (unpaired) electrons. The molecule has 4 N–H and O–H groups in total. The third-order valence-corrected chi connectivity index (χ3v) is 5.45. The number of primary amides is 1. The number of nitrogens with two attached hydrogens (primary N) is 1. The summed E-state index contributed by atoms with van der Waals surface area (Å²) >= 11 is 0. The highest BCUT2D eigenvalue weighted by molar-refractivity contribution is 5.94. The zero-order chi connectivity index (χ0) is 20.7. The Bertz CT molecular complexity index is 1120. The number of amides is 2. The Kier molecular flexibility index (Phi) is 4.38. The van der Waals surface area contributed by atoms with Gasteiger partial charge < -0.3 is 20.1 Å². The Morgan fingerprint density at radius 1 is 1.07 bits per heavy atom. The number of nitrogens with zero attached hydrogens (tertiary/aromatic N) is 3. The van der Waals surface area contributed by atoms with E-state index in [4.69, 9.17) is 15.2 Å². The first-order valence-corrected chi connectivity index (χ1v) is 9.71. The normalized spacial score (nSPS) is 17.9. The highest BCUT2D eigenvalue weighted by Crippen LogP contribution is 2.36. The van der Waals surface area contributed by atoms with Crippen LogP contribution in [0.2, 0.25) is 0 Å². The summed E-state index contributed by atoms with van der Waals surface area (Å²) in [5, 5.41) is 14.0. The van der Waals surface area contributed by atoms with Crippen LogP contribution < -0.4 is 15.2 Å². The molecule has 30 heavy (non-hydrogen) atoms. The summed E-state index contributed by atoms with van der Waals surface area (Å²) in [4.78, 5) is 26.4. The molecule has 1 atom stereocenters. The van der Waals surface area contributed by atoms with Gasteiger partial charge in [-0.3, -0.25) is 19.8 Å². The van der Waals surface area contributed by atoms with E-state index in [-0.39, 0.29) is 24.4 Å². The number of hydrogen-bond donors (Lipinski definition) is 3. The number of piperidine rings is 1. The monoisotopic (exact) mass is 408 g/mol. The summed E-state index contributed by atoms with van der Waals surface area (Å²) in [6, 6.07) is 8.67. The van der Waals surface area contributed by atoms with Gasteiger partial charge in [0.15, 0.2) is 11.5 Å². The second-order valence-corrected chi connectivity index (χ2v) is 7.32. The molecule has 0 bridgehead atoms. The van der Waals surface area contributed by atoms with E-state index in [1.54, 1.807) is 17.0 Å². The zero-order valence-corrected chi connectivity index (χ0v) is 16.1. The Balaban J connectivity index is 1.39. The SMILES string of the molecule is NC(=O)c1cc(C2CCCCN2C(=O)c2cc(-c3ccc4c(c3)OCO4)n[nH]2)[nH]n1. The molecule has 3 aromatic rings. The number of H-pyrrole nitrogens is 2. The van der Waals surface area contributed by atoms with Gasteiger partial charge in [-0.25, -0.2) is 0 Å². The van der Waals surface area contributed by atoms with Crippen molar-refractivity contribution in [3.63, 3.8) is 0 Å². The number of nitrogens with one attached hydrogen (secondary N) is 2. The van der Waals surface area contributed by atoms with Crippen molar-refractivity contribution in [1.82, 2.24) is 25.3 Å². The fourth-order valence-electron chi connectivity index (χ4n) is 3.92. The Hall–Kier alpha value is -3.82. The van der Waals surface area contributed by atoms with E-state index >= 15 is 0 Å². The van der Waals surface area contributed by atoms with Gasteiger partial charge in [0.05, 0.1) is 17.4 Å². The van der Waals surface area contributed by atoms with Crippen LogP contribution in [0, 0.1) is 0 Å². The molecule has 10 nitrogen and oxygen atoms in total. The lowest BCUT2D eigenvalue weighted by molar-refractivity contribution is 0.0600. The van der Waals surface area contributed by atoms with E-state index in [2.05, 4.69) is 20.4 Å². The average Bonchev–Trinajstić information content (AvgIpc) is 3.53. The molecule has 0 spiro atoms. The molecular weight excluding hydrogens is 388 g/mol. The van der Waals surface area contributed by atoms with Gasteiger partial charge in [-0.1, -0.05) is 0 Å². The lowest BCUT2D eigenvalue weighted by atomic mass is 9.98. The first-order chi connectivity index (χ1) is 14.6. The summed E-state index contributed by atoms with van der Waals surface area (Å²) in [5.41, 5.74) is 8.02. The van der Waals surface area contributed by atoms with Gasteiger partial charge in [-0.2, -0.15) is 10.2 Å². The number of likely N-dealkylation sites (tertiary alicyclic amines) is 1. The molecule has 4 heterocycles. The third-order valence-electron chi connectivity index (χ3n) is 5.45. The summed E-state index contributed by atoms with van der Waals surface area (Å²) in [7, 11) is 0. The van der Waals surface area contributed by atoms with Gasteiger partial charge in [0.25, 0.3) is 11.8 Å². The smallest absolute Gasteiger partial charge is 0.272 e. The Morgan fingerprint density at radius 3 is 2.77 bits per heavy atom. The largest absolute Gasteiger partial charge is 0.454 e. The minimum Gasteiger partial charge on any atom is -0.454 e. The summed E-state index contributed by atoms with van der Waals surface area (Å²) < 4.78 is 10.7. The Morgan fingerprint density at radius 2 is 1.93 bits per heavy atom. The molecule has 10 heteroatoms. The van der Waals surface area contributed by atoms with Crippen molar-refractivity contribution in [2.45, 2.75) is 25.3 Å². The number of benzene rings is 1. The highest BCUT2D eigenvalue weighted by atomic mass is 16.7. The van der Waals surface area contributed by atoms with Crippen molar-refractivity contribution in [3.05, 3.63) is 47.4 Å². The first-order valence-electron chi connectivity index (χ1n) is 9.71. The maximum Gasteiger partial charge on any atom is 0.272 e. The number of rotatable bonds is 4. The maximum absolute atomic E-state index is 13.2. The Labute approximate surface area is 171 Å². The molecule has 0 aliphatic carbocycles. The number of aromatic amines is 2. The van der Waals surface area contributed by atoms with E-state index < -0.39 is 5.91 Å². The van der Waals surface area contributed by atoms with Crippen LogP contribution in [0.1, 0.15) is 52.0 Å². The number of fused-ring (bicyclic) bond motifs is 1. The topological polar surface area (TPSA) is 139 Å². The molecular formula is C20H20N6O4. The number of aromatic nitrogens is 4. The minimum absolute atomic E-state index is 0.158. The first kappa shape index (κ1) is 18.2. The van der Waals surface area contributed by atoms with Crippen molar-refractivity contribution < 1.29 is 19.1 Å². The molecule has 5 rings (SSSR count). The van der Waals surface area contributed by atoms with Crippen molar-refractivity contribution in [3.8, 4) is 22.8 Å². The summed E-state index contributed by atoms with van der Waals surface area (Å²) in [6.45, 7) is 0.803. The molecule has 154 valence electrons. The third kappa shape index (κ3) is 3.15. The second kappa shape index (κ2) is 7.21. The van der Waals surface area contributed by atoms with E-state index in [0.29, 0.717) is 35.1 Å². The fraction of sp³-hybridized carbons (Fsp3) is 0.300. The van der Waals surface area contributed by atoms with Gasteiger partial charge >= 0.3 is 0 Å². The van der Waals surface area contributed by atoms with Crippen molar-refractivity contribution in [2.24, 2.45) is 5.73 Å². The standard InChI is InChI=1S/C20H20N6O4/c21-19(27)14-9-13(23-24-14)16-3-1-2-6-26(16)20(28)15-8-12(22-25-15)11-4-5-17-18(7-11)30-10-29-17/h4-5,7-9,16H,1-3,6,10H2,(H2,21,27)(H,22,25)(H,23,24). The second-order valence-electron chi connectivity index (χ2n) is 7.32. The highest BCUT2D eigenvalue weighted by Gasteiger charge is 2.31. The predicted octanol–water partition coefficient (Wildman–Crippen LogP) is 1.99. The zero-order valence-electron chi connectivity index (χ0n) is 16.1. The summed E-state index contributed by atoms with van der Waals surface area (Å²) in [6.07, 6.45) is 2.66. The van der Waals surface area contributed by atoms with E-state index in [1.165, 1.54) is 0 Å². The van der Waals surface area contributed by atoms with Gasteiger partial charge in [0.2, 0.25) is 6.79 Å². The van der Waals surface area contributed by atoms with Crippen molar-refractivity contribution in [1.29, 1.82) is 0 Å². The maximum atomic E-state index is 13.2. The molecule has 1 unspecified atom stereocenters. The van der Waals surface area contributed by atoms with E-state index in [9.17, 15) is 9.59 Å². The van der Waals surface area contributed by atoms with Crippen LogP contribution in [0.25, 0.3) is 11.3 Å². The van der Waals surface area contributed by atoms with Crippen molar-refractivity contribution in [2.75, 3.05) is 13.3 Å². The minimum atomic E-state index is -0.604. The van der Waals surface area contributed by atoms with Crippen molar-refractivity contribution >= 4 is 11.8 Å². The lowest BCUT2D eigenvalue weighted by Crippen LogP contribution is -2.38. The number of ether oxygens (including phenoxy) is 2. The van der Waals surface area contributed by atoms with Crippen LogP contribution in [0.3, 0.4) is 0 Å². The molecule has 2 aliphatic heterocycles. The van der Waals surface area contributed by atoms with Crippen LogP contribution in [-0.2, 0) is 0 Å². The molecule has 1 fully saturated rings. The van der Waals surface area contributed by atoms with E-state index in [0.717, 1.165) is 24.8 Å². The molecule has 1 saturated heterocycles. The molecule has 2 aromatic heterocycles. The number of hydrogen-bond acceptors (Lipinski definition) is 6. The fourth-order valence-corrected chi connectivity index (χ4v) is 3.92. The quantitative estimate of drug-likeness (QED) is 0.603. The van der Waals surface area contributed by atoms with Crippen LogP contribution in [-0.4, -0.2) is 50.4 Å². The van der Waals surface area contributed by atoms with Crippen LogP contribution in [0.15, 0.2) is 30.3 Å². The number of carbonyl (C=O) groups excluding carboxylic acids is 2. The molecule has 1 aromatic carbocycles. The van der Waals surface area contributed by atoms with Gasteiger partial charge in [0, 0.05) is 12.1 Å². The molecule has 2 aliphatic rings. The van der Waals surface area contributed by atoms with Crippen LogP contribution in [0.4, 0.5) is 0 Å².